The van der Waals surface area contributed by atoms with Gasteiger partial charge in [-0.15, -0.1) is 11.3 Å². The van der Waals surface area contributed by atoms with Gasteiger partial charge in [0, 0.05) is 48.1 Å². The maximum Gasteiger partial charge on any atom is 0.118 e. The zero-order valence-electron chi connectivity index (χ0n) is 16.6. The summed E-state index contributed by atoms with van der Waals surface area (Å²) >= 11 is 1.80. The Kier molecular flexibility index (Phi) is 6.01. The zero-order chi connectivity index (χ0) is 19.5. The summed E-state index contributed by atoms with van der Waals surface area (Å²) in [6, 6.07) is 12.5. The van der Waals surface area contributed by atoms with Crippen molar-refractivity contribution in [3.8, 4) is 5.75 Å². The molecule has 2 aromatic heterocycles. The molecule has 1 saturated heterocycles. The van der Waals surface area contributed by atoms with Crippen LogP contribution < -0.4 is 4.74 Å². The van der Waals surface area contributed by atoms with E-state index in [1.54, 1.807) is 18.4 Å². The number of nitrogens with zero attached hydrogens (tertiary/aromatic N) is 2. The van der Waals surface area contributed by atoms with Crippen molar-refractivity contribution in [2.24, 2.45) is 0 Å². The molecule has 1 atom stereocenters. The summed E-state index contributed by atoms with van der Waals surface area (Å²) in [5, 5.41) is 11.3. The van der Waals surface area contributed by atoms with Gasteiger partial charge in [0.05, 0.1) is 26.9 Å². The molecule has 1 aliphatic heterocycles. The van der Waals surface area contributed by atoms with E-state index in [2.05, 4.69) is 28.5 Å². The number of morpholine rings is 1. The van der Waals surface area contributed by atoms with Crippen molar-refractivity contribution in [2.75, 3.05) is 46.6 Å². The molecule has 0 aliphatic carbocycles. The third kappa shape index (κ3) is 3.96. The molecular formula is C22H28N2O3S. The van der Waals surface area contributed by atoms with Gasteiger partial charge in [-0.25, -0.2) is 0 Å². The Morgan fingerprint density at radius 3 is 2.57 bits per heavy atom. The average Bonchev–Trinajstić information content (AvgIpc) is 3.25. The molecule has 1 unspecified atom stereocenters. The quantitative estimate of drug-likeness (QED) is 0.660. The number of thiophene rings is 1. The van der Waals surface area contributed by atoms with Crippen LogP contribution in [0.15, 0.2) is 36.4 Å². The molecule has 3 aromatic rings. The van der Waals surface area contributed by atoms with Crippen LogP contribution in [0.1, 0.15) is 22.1 Å². The normalized spacial score (nSPS) is 16.5. The Morgan fingerprint density at radius 1 is 1.14 bits per heavy atom. The third-order valence-corrected chi connectivity index (χ3v) is 6.87. The van der Waals surface area contributed by atoms with Gasteiger partial charge < -0.3 is 19.1 Å². The van der Waals surface area contributed by atoms with Crippen LogP contribution in [0.3, 0.4) is 0 Å². The second-order valence-electron chi connectivity index (χ2n) is 7.31. The van der Waals surface area contributed by atoms with E-state index in [0.29, 0.717) is 0 Å². The summed E-state index contributed by atoms with van der Waals surface area (Å²) in [7, 11) is 1.67. The SMILES string of the molecule is COc1ccc(C(CO)c2cc3cc(C)n(CCN4CCOCC4)c3s2)cc1. The highest BCUT2D eigenvalue weighted by Gasteiger charge is 2.19. The summed E-state index contributed by atoms with van der Waals surface area (Å²) in [5.41, 5.74) is 2.41. The topological polar surface area (TPSA) is 46.9 Å². The van der Waals surface area contributed by atoms with Gasteiger partial charge in [0.15, 0.2) is 0 Å². The molecule has 0 radical (unpaired) electrons. The molecule has 1 fully saturated rings. The number of hydrogen-bond donors (Lipinski definition) is 1. The van der Waals surface area contributed by atoms with Crippen molar-refractivity contribution in [3.05, 3.63) is 52.5 Å². The first-order valence-corrected chi connectivity index (χ1v) is 10.7. The Bertz CT molecular complexity index is 910. The Hall–Kier alpha value is -1.86. The van der Waals surface area contributed by atoms with Gasteiger partial charge in [-0.1, -0.05) is 12.1 Å². The number of ether oxygens (including phenoxy) is 2. The van der Waals surface area contributed by atoms with Gasteiger partial charge in [0.2, 0.25) is 0 Å². The van der Waals surface area contributed by atoms with Gasteiger partial charge >= 0.3 is 0 Å². The average molecular weight is 401 g/mol. The fraction of sp³-hybridized carbons (Fsp3) is 0.455. The van der Waals surface area contributed by atoms with E-state index in [1.807, 2.05) is 24.3 Å². The number of benzene rings is 1. The van der Waals surface area contributed by atoms with Gasteiger partial charge in [-0.2, -0.15) is 0 Å². The number of aryl methyl sites for hydroxylation is 1. The summed E-state index contributed by atoms with van der Waals surface area (Å²) in [4.78, 5) is 4.97. The molecule has 150 valence electrons. The molecule has 0 bridgehead atoms. The molecule has 6 heteroatoms. The number of methoxy groups -OCH3 is 1. The lowest BCUT2D eigenvalue weighted by atomic mass is 9.98. The molecule has 0 amide bonds. The summed E-state index contributed by atoms with van der Waals surface area (Å²) in [6.45, 7) is 8.02. The van der Waals surface area contributed by atoms with Crippen LogP contribution in [0.2, 0.25) is 0 Å². The van der Waals surface area contributed by atoms with Crippen molar-refractivity contribution in [3.63, 3.8) is 0 Å². The summed E-state index contributed by atoms with van der Waals surface area (Å²) in [5.74, 6) is 0.832. The minimum Gasteiger partial charge on any atom is -0.497 e. The van der Waals surface area contributed by atoms with E-state index in [4.69, 9.17) is 9.47 Å². The lowest BCUT2D eigenvalue weighted by Gasteiger charge is -2.26. The monoisotopic (exact) mass is 400 g/mol. The van der Waals surface area contributed by atoms with E-state index in [0.717, 1.165) is 50.7 Å². The van der Waals surface area contributed by atoms with Crippen LogP contribution in [-0.2, 0) is 11.3 Å². The van der Waals surface area contributed by atoms with Crippen molar-refractivity contribution in [1.82, 2.24) is 9.47 Å². The predicted molar refractivity (Wildman–Crippen MR) is 114 cm³/mol. The molecule has 4 rings (SSSR count). The molecule has 28 heavy (non-hydrogen) atoms. The van der Waals surface area contributed by atoms with Crippen molar-refractivity contribution in [2.45, 2.75) is 19.4 Å². The standard InChI is InChI=1S/C22H28N2O3S/c1-16-13-18-14-21(20(15-25)17-3-5-19(26-2)6-4-17)28-22(18)24(16)8-7-23-9-11-27-12-10-23/h3-6,13-14,20,25H,7-12,15H2,1-2H3. The maximum atomic E-state index is 10.1. The molecular weight excluding hydrogens is 372 g/mol. The van der Waals surface area contributed by atoms with Crippen LogP contribution in [0.25, 0.3) is 10.2 Å². The first-order valence-electron chi connectivity index (χ1n) is 9.84. The maximum absolute atomic E-state index is 10.1. The first kappa shape index (κ1) is 19.5. The van der Waals surface area contributed by atoms with Crippen molar-refractivity contribution >= 4 is 21.6 Å². The minimum atomic E-state index is -0.00342. The molecule has 3 heterocycles. The molecule has 5 nitrogen and oxygen atoms in total. The van der Waals surface area contributed by atoms with Gasteiger partial charge in [-0.3, -0.25) is 4.90 Å². The summed E-state index contributed by atoms with van der Waals surface area (Å²) in [6.07, 6.45) is 0. The lowest BCUT2D eigenvalue weighted by molar-refractivity contribution is 0.0365. The predicted octanol–water partition coefficient (Wildman–Crippen LogP) is 3.48. The Labute approximate surface area is 170 Å². The number of aromatic nitrogens is 1. The van der Waals surface area contributed by atoms with Gasteiger partial charge in [-0.05, 0) is 36.8 Å². The minimum absolute atomic E-state index is 0.00342. The van der Waals surface area contributed by atoms with Gasteiger partial charge in [0.1, 0.15) is 10.6 Å². The highest BCUT2D eigenvalue weighted by Crippen LogP contribution is 2.36. The first-order chi connectivity index (χ1) is 13.7. The number of aliphatic hydroxyl groups is 1. The number of fused-ring (bicyclic) bond motifs is 1. The fourth-order valence-electron chi connectivity index (χ4n) is 3.90. The highest BCUT2D eigenvalue weighted by molar-refractivity contribution is 7.18. The van der Waals surface area contributed by atoms with Crippen LogP contribution in [-0.4, -0.2) is 61.1 Å². The smallest absolute Gasteiger partial charge is 0.118 e. The summed E-state index contributed by atoms with van der Waals surface area (Å²) < 4.78 is 13.1. The van der Waals surface area contributed by atoms with E-state index < -0.39 is 0 Å². The fourth-order valence-corrected chi connectivity index (χ4v) is 5.25. The van der Waals surface area contributed by atoms with Crippen LogP contribution >= 0.6 is 11.3 Å². The molecule has 1 N–H and O–H groups in total. The largest absolute Gasteiger partial charge is 0.497 e. The number of rotatable bonds is 7. The van der Waals surface area contributed by atoms with Crippen LogP contribution in [0.5, 0.6) is 5.75 Å². The Morgan fingerprint density at radius 2 is 1.89 bits per heavy atom. The van der Waals surface area contributed by atoms with E-state index in [-0.39, 0.29) is 12.5 Å². The highest BCUT2D eigenvalue weighted by atomic mass is 32.1. The van der Waals surface area contributed by atoms with E-state index in [9.17, 15) is 5.11 Å². The van der Waals surface area contributed by atoms with Crippen LogP contribution in [0.4, 0.5) is 0 Å². The second-order valence-corrected chi connectivity index (χ2v) is 8.37. The molecule has 1 aliphatic rings. The Balaban J connectivity index is 1.56. The zero-order valence-corrected chi connectivity index (χ0v) is 17.4. The van der Waals surface area contributed by atoms with Crippen molar-refractivity contribution < 1.29 is 14.6 Å². The van der Waals surface area contributed by atoms with Crippen LogP contribution in [0, 0.1) is 6.92 Å². The van der Waals surface area contributed by atoms with E-state index in [1.165, 1.54) is 20.8 Å². The molecule has 1 aromatic carbocycles. The lowest BCUT2D eigenvalue weighted by Crippen LogP contribution is -2.38. The second kappa shape index (κ2) is 8.66. The molecule has 0 saturated carbocycles. The number of aliphatic hydroxyl groups excluding tert-OH is 1. The van der Waals surface area contributed by atoms with E-state index >= 15 is 0 Å². The third-order valence-electron chi connectivity index (χ3n) is 5.58. The number of hydrogen-bond acceptors (Lipinski definition) is 5. The van der Waals surface area contributed by atoms with Crippen molar-refractivity contribution in [1.29, 1.82) is 0 Å². The van der Waals surface area contributed by atoms with Gasteiger partial charge in [0.25, 0.3) is 0 Å². The molecule has 0 spiro atoms.